The topological polar surface area (TPSA) is 44.4 Å². The summed E-state index contributed by atoms with van der Waals surface area (Å²) < 4.78 is 0. The molecule has 0 aromatic rings. The quantitative estimate of drug-likeness (QED) is 0.473. The smallest absolute Gasteiger partial charge is 0.248 e. The first kappa shape index (κ1) is 8.39. The maximum Gasteiger partial charge on any atom is 0.248 e. The van der Waals surface area contributed by atoms with Crippen LogP contribution < -0.4 is 10.9 Å². The second-order valence-corrected chi connectivity index (χ2v) is 2.04. The molecule has 9 heavy (non-hydrogen) atoms. The lowest BCUT2D eigenvalue weighted by atomic mass is 10.6. The van der Waals surface area contributed by atoms with Crippen LogP contribution in [0.25, 0.3) is 0 Å². The number of nitrogens with zero attached hydrogens (tertiary/aromatic N) is 1. The predicted molar refractivity (Wildman–Crippen MR) is 35.8 cm³/mol. The van der Waals surface area contributed by atoms with Crippen molar-refractivity contribution in [2.75, 3.05) is 27.7 Å². The van der Waals surface area contributed by atoms with Crippen molar-refractivity contribution in [3.8, 4) is 0 Å². The second-order valence-electron chi connectivity index (χ2n) is 2.04. The third-order valence-corrected chi connectivity index (χ3v) is 0.724. The molecule has 2 N–H and O–H groups in total. The molecule has 0 spiro atoms. The highest BCUT2D eigenvalue weighted by Crippen LogP contribution is 1.70. The minimum absolute atomic E-state index is 0.0255. The lowest BCUT2D eigenvalue weighted by Crippen LogP contribution is -2.39. The number of nitrogens with one attached hydrogen (secondary N) is 2. The summed E-state index contributed by atoms with van der Waals surface area (Å²) in [5, 5.41) is 0. The largest absolute Gasteiger partial charge is 0.301 e. The van der Waals surface area contributed by atoms with Gasteiger partial charge in [0, 0.05) is 7.05 Å². The van der Waals surface area contributed by atoms with Gasteiger partial charge in [-0.25, -0.2) is 5.43 Å². The number of rotatable bonds is 3. The molecule has 0 aromatic heterocycles. The van der Waals surface area contributed by atoms with E-state index in [2.05, 4.69) is 10.9 Å². The number of likely N-dealkylation sites (N-methyl/N-ethyl adjacent to an activating group) is 1. The normalized spacial score (nSPS) is 9.78. The van der Waals surface area contributed by atoms with Crippen molar-refractivity contribution in [3.63, 3.8) is 0 Å². The van der Waals surface area contributed by atoms with Crippen LogP contribution in [0.15, 0.2) is 0 Å². The van der Waals surface area contributed by atoms with E-state index in [-0.39, 0.29) is 5.91 Å². The highest BCUT2D eigenvalue weighted by molar-refractivity contribution is 5.77. The van der Waals surface area contributed by atoms with E-state index >= 15 is 0 Å². The molecule has 0 radical (unpaired) electrons. The van der Waals surface area contributed by atoms with E-state index in [1.807, 2.05) is 14.1 Å². The first-order valence-electron chi connectivity index (χ1n) is 2.77. The van der Waals surface area contributed by atoms with Crippen LogP contribution in [-0.4, -0.2) is 38.5 Å². The molecule has 0 rings (SSSR count). The summed E-state index contributed by atoms with van der Waals surface area (Å²) in [4.78, 5) is 12.4. The zero-order valence-corrected chi connectivity index (χ0v) is 6.06. The van der Waals surface area contributed by atoms with Crippen molar-refractivity contribution in [2.24, 2.45) is 0 Å². The van der Waals surface area contributed by atoms with Gasteiger partial charge in [-0.2, -0.15) is 0 Å². The molecule has 0 heterocycles. The van der Waals surface area contributed by atoms with Gasteiger partial charge in [0.2, 0.25) is 5.91 Å². The summed E-state index contributed by atoms with van der Waals surface area (Å²) in [6.45, 7) is 0.418. The summed E-state index contributed by atoms with van der Waals surface area (Å²) in [5.74, 6) is -0.0255. The van der Waals surface area contributed by atoms with Crippen LogP contribution in [0.2, 0.25) is 0 Å². The molecule has 0 saturated heterocycles. The zero-order valence-electron chi connectivity index (χ0n) is 6.06. The summed E-state index contributed by atoms with van der Waals surface area (Å²) in [7, 11) is 5.35. The Morgan fingerprint density at radius 2 is 2.11 bits per heavy atom. The van der Waals surface area contributed by atoms with E-state index in [4.69, 9.17) is 0 Å². The maximum atomic E-state index is 10.6. The van der Waals surface area contributed by atoms with Crippen molar-refractivity contribution in [2.45, 2.75) is 0 Å². The van der Waals surface area contributed by atoms with Gasteiger partial charge in [0.25, 0.3) is 0 Å². The Kier molecular flexibility index (Phi) is 4.00. The molecule has 0 atom stereocenters. The number of carbonyl (C=O) groups is 1. The summed E-state index contributed by atoms with van der Waals surface area (Å²) in [6, 6.07) is 0. The number of carbonyl (C=O) groups excluding carboxylic acids is 1. The molecular formula is C5H13N3O. The number of hydrazine groups is 1. The first-order valence-corrected chi connectivity index (χ1v) is 2.77. The van der Waals surface area contributed by atoms with Gasteiger partial charge in [-0.1, -0.05) is 0 Å². The minimum atomic E-state index is -0.0255. The Labute approximate surface area is 55.2 Å². The van der Waals surface area contributed by atoms with Gasteiger partial charge in [0.15, 0.2) is 0 Å². The Hall–Kier alpha value is -0.610. The average Bonchev–Trinajstić information content (AvgIpc) is 1.63. The molecule has 4 nitrogen and oxygen atoms in total. The van der Waals surface area contributed by atoms with Crippen LogP contribution in [0.5, 0.6) is 0 Å². The Morgan fingerprint density at radius 1 is 1.56 bits per heavy atom. The van der Waals surface area contributed by atoms with E-state index in [1.165, 1.54) is 0 Å². The SMILES string of the molecule is CNNC(=O)CN(C)C. The molecule has 54 valence electrons. The molecule has 1 amide bonds. The monoisotopic (exact) mass is 131 g/mol. The highest BCUT2D eigenvalue weighted by atomic mass is 16.2. The van der Waals surface area contributed by atoms with Crippen molar-refractivity contribution < 1.29 is 4.79 Å². The van der Waals surface area contributed by atoms with Gasteiger partial charge in [0.1, 0.15) is 0 Å². The molecule has 0 aliphatic carbocycles. The lowest BCUT2D eigenvalue weighted by molar-refractivity contribution is -0.122. The molecule has 0 aliphatic rings. The fourth-order valence-electron chi connectivity index (χ4n) is 0.466. The van der Waals surface area contributed by atoms with Crippen molar-refractivity contribution in [1.29, 1.82) is 0 Å². The van der Waals surface area contributed by atoms with Crippen LogP contribution in [-0.2, 0) is 4.79 Å². The van der Waals surface area contributed by atoms with Crippen LogP contribution in [0.1, 0.15) is 0 Å². The molecular weight excluding hydrogens is 118 g/mol. The third-order valence-electron chi connectivity index (χ3n) is 0.724. The third kappa shape index (κ3) is 5.26. The van der Waals surface area contributed by atoms with Crippen LogP contribution in [0.3, 0.4) is 0 Å². The summed E-state index contributed by atoms with van der Waals surface area (Å²) >= 11 is 0. The molecule has 0 aliphatic heterocycles. The van der Waals surface area contributed by atoms with Gasteiger partial charge < -0.3 is 4.90 Å². The van der Waals surface area contributed by atoms with Crippen molar-refractivity contribution in [1.82, 2.24) is 15.8 Å². The lowest BCUT2D eigenvalue weighted by Gasteiger charge is -2.08. The van der Waals surface area contributed by atoms with E-state index in [0.717, 1.165) is 0 Å². The molecule has 0 unspecified atom stereocenters. The van der Waals surface area contributed by atoms with Gasteiger partial charge in [-0.05, 0) is 14.1 Å². The number of hydrogen-bond acceptors (Lipinski definition) is 3. The minimum Gasteiger partial charge on any atom is -0.301 e. The average molecular weight is 131 g/mol. The van der Waals surface area contributed by atoms with E-state index < -0.39 is 0 Å². The predicted octanol–water partition coefficient (Wildman–Crippen LogP) is -1.20. The highest BCUT2D eigenvalue weighted by Gasteiger charge is 1.98. The van der Waals surface area contributed by atoms with Crippen molar-refractivity contribution in [3.05, 3.63) is 0 Å². The summed E-state index contributed by atoms with van der Waals surface area (Å²) in [6.07, 6.45) is 0. The first-order chi connectivity index (χ1) is 4.16. The molecule has 0 aromatic carbocycles. The van der Waals surface area contributed by atoms with E-state index in [1.54, 1.807) is 11.9 Å². The zero-order chi connectivity index (χ0) is 7.28. The number of hydrogen-bond donors (Lipinski definition) is 2. The Morgan fingerprint density at radius 3 is 2.44 bits per heavy atom. The van der Waals surface area contributed by atoms with Crippen LogP contribution in [0, 0.1) is 0 Å². The number of amides is 1. The van der Waals surface area contributed by atoms with Crippen LogP contribution >= 0.6 is 0 Å². The molecule has 0 saturated carbocycles. The van der Waals surface area contributed by atoms with E-state index in [0.29, 0.717) is 6.54 Å². The second kappa shape index (κ2) is 4.29. The van der Waals surface area contributed by atoms with Gasteiger partial charge in [-0.3, -0.25) is 10.2 Å². The van der Waals surface area contributed by atoms with E-state index in [9.17, 15) is 4.79 Å². The molecule has 4 heteroatoms. The molecule has 0 bridgehead atoms. The Balaban J connectivity index is 3.27. The fraction of sp³-hybridized carbons (Fsp3) is 0.800. The fourth-order valence-corrected chi connectivity index (χ4v) is 0.466. The van der Waals surface area contributed by atoms with Gasteiger partial charge in [0.05, 0.1) is 6.54 Å². The Bertz CT molecular complexity index is 92.2. The van der Waals surface area contributed by atoms with Gasteiger partial charge >= 0.3 is 0 Å². The summed E-state index contributed by atoms with van der Waals surface area (Å²) in [5.41, 5.74) is 4.99. The molecule has 0 fully saturated rings. The standard InChI is InChI=1S/C5H13N3O/c1-6-7-5(9)4-8(2)3/h6H,4H2,1-3H3,(H,7,9). The maximum absolute atomic E-state index is 10.6. The van der Waals surface area contributed by atoms with Crippen molar-refractivity contribution >= 4 is 5.91 Å². The van der Waals surface area contributed by atoms with Gasteiger partial charge in [-0.15, -0.1) is 0 Å². The van der Waals surface area contributed by atoms with Crippen LogP contribution in [0.4, 0.5) is 0 Å².